The number of hydrogen-bond acceptors (Lipinski definition) is 5. The van der Waals surface area contributed by atoms with Crippen molar-refractivity contribution in [1.82, 2.24) is 14.8 Å². The van der Waals surface area contributed by atoms with Gasteiger partial charge in [0.1, 0.15) is 17.5 Å². The van der Waals surface area contributed by atoms with Gasteiger partial charge in [-0.05, 0) is 59.7 Å². The molecule has 0 saturated heterocycles. The Hall–Kier alpha value is -3.10. The lowest BCUT2D eigenvalue weighted by Crippen LogP contribution is -2.04. The first-order valence-corrected chi connectivity index (χ1v) is 10.5. The maximum atomic E-state index is 13.5. The average Bonchev–Trinajstić information content (AvgIpc) is 3.13. The number of phenols is 2. The molecule has 0 aliphatic heterocycles. The Morgan fingerprint density at radius 3 is 2.32 bits per heavy atom. The molecule has 0 fully saturated rings. The smallest absolute Gasteiger partial charge is 0.196 e. The average molecular weight is 460 g/mol. The van der Waals surface area contributed by atoms with Crippen LogP contribution in [0.3, 0.4) is 0 Å². The van der Waals surface area contributed by atoms with E-state index in [9.17, 15) is 19.0 Å². The fourth-order valence-electron chi connectivity index (χ4n) is 3.00. The number of nitrogens with zero attached hydrogens (tertiary/aromatic N) is 3. The second-order valence-electron chi connectivity index (χ2n) is 6.73. The van der Waals surface area contributed by atoms with E-state index in [4.69, 9.17) is 11.6 Å². The molecule has 0 aliphatic rings. The second kappa shape index (κ2) is 8.95. The van der Waals surface area contributed by atoms with Crippen LogP contribution in [-0.2, 0) is 12.2 Å². The lowest BCUT2D eigenvalue weighted by molar-refractivity contribution is 0.403. The molecule has 5 nitrogen and oxygen atoms in total. The molecule has 0 atom stereocenters. The van der Waals surface area contributed by atoms with Crippen molar-refractivity contribution in [2.45, 2.75) is 17.3 Å². The number of aromatic nitrogens is 3. The number of halogens is 3. The molecule has 0 bridgehead atoms. The molecule has 0 unspecified atom stereocenters. The van der Waals surface area contributed by atoms with Crippen LogP contribution in [0.2, 0.25) is 5.02 Å². The molecule has 158 valence electrons. The van der Waals surface area contributed by atoms with E-state index >= 15 is 0 Å². The van der Waals surface area contributed by atoms with Crippen LogP contribution >= 0.6 is 23.4 Å². The number of rotatable bonds is 6. The molecule has 1 aromatic heterocycles. The Labute approximate surface area is 186 Å². The van der Waals surface area contributed by atoms with Crippen molar-refractivity contribution in [3.8, 4) is 17.2 Å². The van der Waals surface area contributed by atoms with Gasteiger partial charge >= 0.3 is 0 Å². The number of thioether (sulfide) groups is 1. The van der Waals surface area contributed by atoms with Crippen molar-refractivity contribution in [3.05, 3.63) is 94.3 Å². The molecular formula is C22H16ClF2N3O2S. The van der Waals surface area contributed by atoms with Gasteiger partial charge in [-0.3, -0.25) is 4.57 Å². The maximum Gasteiger partial charge on any atom is 0.196 e. The van der Waals surface area contributed by atoms with Crippen LogP contribution in [0.5, 0.6) is 11.5 Å². The van der Waals surface area contributed by atoms with E-state index < -0.39 is 5.82 Å². The summed E-state index contributed by atoms with van der Waals surface area (Å²) in [5.74, 6) is -0.230. The predicted octanol–water partition coefficient (Wildman–Crippen LogP) is 5.49. The Morgan fingerprint density at radius 2 is 1.61 bits per heavy atom. The molecule has 1 heterocycles. The summed E-state index contributed by atoms with van der Waals surface area (Å²) in [6.45, 7) is 0. The van der Waals surface area contributed by atoms with Gasteiger partial charge < -0.3 is 10.2 Å². The minimum Gasteiger partial charge on any atom is -0.504 e. The van der Waals surface area contributed by atoms with Gasteiger partial charge in [-0.15, -0.1) is 10.2 Å². The number of hydrogen-bond donors (Lipinski definition) is 2. The summed E-state index contributed by atoms with van der Waals surface area (Å²) in [7, 11) is 0. The first kappa shape index (κ1) is 21.1. The maximum absolute atomic E-state index is 13.5. The van der Waals surface area contributed by atoms with Gasteiger partial charge in [0.25, 0.3) is 0 Å². The second-order valence-corrected chi connectivity index (χ2v) is 8.08. The quantitative estimate of drug-likeness (QED) is 0.294. The van der Waals surface area contributed by atoms with Crippen molar-refractivity contribution < 1.29 is 19.0 Å². The van der Waals surface area contributed by atoms with Crippen LogP contribution < -0.4 is 0 Å². The molecule has 3 aromatic carbocycles. The van der Waals surface area contributed by atoms with E-state index in [1.165, 1.54) is 48.2 Å². The molecule has 0 aliphatic carbocycles. The van der Waals surface area contributed by atoms with Gasteiger partial charge in [0.15, 0.2) is 16.7 Å². The van der Waals surface area contributed by atoms with E-state index in [2.05, 4.69) is 10.2 Å². The highest BCUT2D eigenvalue weighted by atomic mass is 35.5. The van der Waals surface area contributed by atoms with Crippen LogP contribution in [0.4, 0.5) is 8.78 Å². The minimum absolute atomic E-state index is 0.212. The molecule has 4 aromatic rings. The molecule has 31 heavy (non-hydrogen) atoms. The summed E-state index contributed by atoms with van der Waals surface area (Å²) in [4.78, 5) is 0. The van der Waals surface area contributed by atoms with E-state index in [-0.39, 0.29) is 17.3 Å². The first-order valence-electron chi connectivity index (χ1n) is 9.18. The summed E-state index contributed by atoms with van der Waals surface area (Å²) in [5, 5.41) is 28.7. The predicted molar refractivity (Wildman–Crippen MR) is 115 cm³/mol. The fraction of sp³-hybridized carbons (Fsp3) is 0.0909. The SMILES string of the molecule is Oc1ccc(Cc2nnc(SCc3ccc(F)cc3Cl)n2-c2ccc(F)cc2)cc1O. The van der Waals surface area contributed by atoms with Gasteiger partial charge in [-0.25, -0.2) is 8.78 Å². The van der Waals surface area contributed by atoms with Crippen LogP contribution in [0.25, 0.3) is 5.69 Å². The summed E-state index contributed by atoms with van der Waals surface area (Å²) in [5.41, 5.74) is 2.12. The Morgan fingerprint density at radius 1 is 0.871 bits per heavy atom. The lowest BCUT2D eigenvalue weighted by atomic mass is 10.1. The van der Waals surface area contributed by atoms with E-state index in [0.29, 0.717) is 39.4 Å². The molecule has 0 amide bonds. The zero-order valence-corrected chi connectivity index (χ0v) is 17.5. The van der Waals surface area contributed by atoms with Crippen molar-refractivity contribution in [3.63, 3.8) is 0 Å². The zero-order valence-electron chi connectivity index (χ0n) is 16.0. The highest BCUT2D eigenvalue weighted by Crippen LogP contribution is 2.30. The number of benzene rings is 3. The normalized spacial score (nSPS) is 11.1. The van der Waals surface area contributed by atoms with Gasteiger partial charge in [0, 0.05) is 22.9 Å². The molecule has 9 heteroatoms. The minimum atomic E-state index is -0.410. The zero-order chi connectivity index (χ0) is 22.0. The van der Waals surface area contributed by atoms with E-state index in [1.807, 2.05) is 0 Å². The molecular weight excluding hydrogens is 444 g/mol. The van der Waals surface area contributed by atoms with Crippen LogP contribution in [-0.4, -0.2) is 25.0 Å². The van der Waals surface area contributed by atoms with Crippen LogP contribution in [0.15, 0.2) is 65.8 Å². The van der Waals surface area contributed by atoms with Crippen molar-refractivity contribution in [1.29, 1.82) is 0 Å². The first-order chi connectivity index (χ1) is 14.9. The van der Waals surface area contributed by atoms with Gasteiger partial charge in [0.2, 0.25) is 0 Å². The number of aromatic hydroxyl groups is 2. The molecule has 0 radical (unpaired) electrons. The van der Waals surface area contributed by atoms with Crippen molar-refractivity contribution >= 4 is 23.4 Å². The Bertz CT molecular complexity index is 1230. The van der Waals surface area contributed by atoms with Crippen molar-refractivity contribution in [2.24, 2.45) is 0 Å². The lowest BCUT2D eigenvalue weighted by Gasteiger charge is -2.11. The van der Waals surface area contributed by atoms with Crippen LogP contribution in [0.1, 0.15) is 17.0 Å². The van der Waals surface area contributed by atoms with Gasteiger partial charge in [-0.2, -0.15) is 0 Å². The highest BCUT2D eigenvalue weighted by molar-refractivity contribution is 7.98. The summed E-state index contributed by atoms with van der Waals surface area (Å²) in [6, 6.07) is 14.7. The van der Waals surface area contributed by atoms with Crippen molar-refractivity contribution in [2.75, 3.05) is 0 Å². The molecule has 4 rings (SSSR count). The van der Waals surface area contributed by atoms with E-state index in [0.717, 1.165) is 5.56 Å². The van der Waals surface area contributed by atoms with E-state index in [1.54, 1.807) is 28.8 Å². The summed E-state index contributed by atoms with van der Waals surface area (Å²) >= 11 is 7.48. The Kier molecular flexibility index (Phi) is 6.11. The topological polar surface area (TPSA) is 71.2 Å². The monoisotopic (exact) mass is 459 g/mol. The molecule has 2 N–H and O–H groups in total. The fourth-order valence-corrected chi connectivity index (χ4v) is 4.29. The third kappa shape index (κ3) is 4.81. The summed E-state index contributed by atoms with van der Waals surface area (Å²) in [6.07, 6.45) is 0.316. The summed E-state index contributed by atoms with van der Waals surface area (Å²) < 4.78 is 28.6. The van der Waals surface area contributed by atoms with Gasteiger partial charge in [0.05, 0.1) is 0 Å². The number of phenolic OH excluding ortho intramolecular Hbond substituents is 2. The molecule has 0 saturated carbocycles. The molecule has 0 spiro atoms. The standard InChI is InChI=1S/C22H16ClF2N3O2S/c23-18-11-16(25)3-2-14(18)12-31-22-27-26-21(10-13-1-8-19(29)20(30)9-13)28(22)17-6-4-15(24)5-7-17/h1-9,11,29-30H,10,12H2. The van der Waals surface area contributed by atoms with Gasteiger partial charge in [-0.1, -0.05) is 35.5 Å². The largest absolute Gasteiger partial charge is 0.504 e. The third-order valence-electron chi connectivity index (χ3n) is 4.56. The third-order valence-corrected chi connectivity index (χ3v) is 5.89. The highest BCUT2D eigenvalue weighted by Gasteiger charge is 2.17. The Balaban J connectivity index is 1.67. The van der Waals surface area contributed by atoms with Crippen LogP contribution in [0, 0.1) is 11.6 Å².